The Hall–Kier alpha value is -2.95. The Balaban J connectivity index is 2.25. The van der Waals surface area contributed by atoms with Crippen molar-refractivity contribution in [1.29, 1.82) is 0 Å². The van der Waals surface area contributed by atoms with Gasteiger partial charge in [-0.05, 0) is 42.3 Å². The topological polar surface area (TPSA) is 44.1 Å². The van der Waals surface area contributed by atoms with Crippen molar-refractivity contribution in [1.82, 2.24) is 9.55 Å². The van der Waals surface area contributed by atoms with Crippen LogP contribution in [0.25, 0.3) is 22.3 Å². The highest BCUT2D eigenvalue weighted by molar-refractivity contribution is 6.01. The summed E-state index contributed by atoms with van der Waals surface area (Å²) in [5.74, 6) is -0.725. The number of nitrogens with zero attached hydrogens (tertiary/aromatic N) is 2. The van der Waals surface area contributed by atoms with Gasteiger partial charge in [-0.3, -0.25) is 4.98 Å². The summed E-state index contributed by atoms with van der Waals surface area (Å²) in [7, 11) is 1.80. The Morgan fingerprint density at radius 1 is 1.12 bits per heavy atom. The summed E-state index contributed by atoms with van der Waals surface area (Å²) in [6.45, 7) is 2.06. The molecule has 0 aliphatic rings. The van der Waals surface area contributed by atoms with Crippen molar-refractivity contribution >= 4 is 5.97 Å². The maximum absolute atomic E-state index is 13.3. The van der Waals surface area contributed by atoms with Crippen LogP contribution in [0, 0.1) is 5.82 Å². The number of hydrogen-bond donors (Lipinski definition) is 0. The molecule has 0 aliphatic heterocycles. The Bertz CT molecular complexity index is 855. The van der Waals surface area contributed by atoms with Crippen LogP contribution in [0.5, 0.6) is 0 Å². The number of hydrogen-bond acceptors (Lipinski definition) is 3. The average Bonchev–Trinajstić information content (AvgIpc) is 2.94. The molecule has 3 aromatic rings. The predicted octanol–water partition coefficient (Wildman–Crippen LogP) is 4.07. The van der Waals surface area contributed by atoms with Gasteiger partial charge in [0.1, 0.15) is 11.5 Å². The molecular weight excluding hydrogens is 307 g/mol. The van der Waals surface area contributed by atoms with Crippen LogP contribution in [0.1, 0.15) is 17.4 Å². The van der Waals surface area contributed by atoms with E-state index < -0.39 is 5.97 Å². The fraction of sp³-hybridized carbons (Fsp3) is 0.158. The quantitative estimate of drug-likeness (QED) is 0.680. The molecule has 0 fully saturated rings. The van der Waals surface area contributed by atoms with Gasteiger partial charge >= 0.3 is 5.97 Å². The number of ether oxygens (including phenoxy) is 1. The van der Waals surface area contributed by atoms with E-state index in [1.807, 2.05) is 18.3 Å². The molecule has 0 amide bonds. The van der Waals surface area contributed by atoms with Crippen molar-refractivity contribution in [2.45, 2.75) is 6.92 Å². The highest BCUT2D eigenvalue weighted by atomic mass is 19.1. The fourth-order valence-corrected chi connectivity index (χ4v) is 2.73. The molecular formula is C19H17FN2O2. The van der Waals surface area contributed by atoms with Gasteiger partial charge in [0, 0.05) is 36.8 Å². The van der Waals surface area contributed by atoms with E-state index in [1.165, 1.54) is 12.1 Å². The summed E-state index contributed by atoms with van der Waals surface area (Å²) < 4.78 is 20.2. The third-order valence-corrected chi connectivity index (χ3v) is 3.77. The van der Waals surface area contributed by atoms with Crippen LogP contribution < -0.4 is 0 Å². The second-order valence-electron chi connectivity index (χ2n) is 5.34. The average molecular weight is 324 g/mol. The van der Waals surface area contributed by atoms with Gasteiger partial charge in [-0.1, -0.05) is 12.1 Å². The lowest BCUT2D eigenvalue weighted by Crippen LogP contribution is -2.10. The SMILES string of the molecule is CCOC(=O)c1c(-c2ccc(F)cc2)c(-c2ccncc2)cn1C. The normalized spacial score (nSPS) is 10.6. The van der Waals surface area contributed by atoms with Crippen LogP contribution in [-0.2, 0) is 11.8 Å². The van der Waals surface area contributed by atoms with Gasteiger partial charge in [-0.2, -0.15) is 0 Å². The lowest BCUT2D eigenvalue weighted by atomic mass is 9.97. The lowest BCUT2D eigenvalue weighted by molar-refractivity contribution is 0.0516. The second kappa shape index (κ2) is 6.66. The summed E-state index contributed by atoms with van der Waals surface area (Å²) in [6.07, 6.45) is 5.27. The molecule has 24 heavy (non-hydrogen) atoms. The van der Waals surface area contributed by atoms with E-state index in [1.54, 1.807) is 43.1 Å². The molecule has 2 heterocycles. The first-order valence-corrected chi connectivity index (χ1v) is 7.64. The monoisotopic (exact) mass is 324 g/mol. The van der Waals surface area contributed by atoms with Gasteiger partial charge in [-0.15, -0.1) is 0 Å². The molecule has 0 unspecified atom stereocenters. The molecule has 2 aromatic heterocycles. The number of esters is 1. The fourth-order valence-electron chi connectivity index (χ4n) is 2.73. The largest absolute Gasteiger partial charge is 0.461 e. The van der Waals surface area contributed by atoms with E-state index in [9.17, 15) is 9.18 Å². The Morgan fingerprint density at radius 3 is 2.42 bits per heavy atom. The van der Waals surface area contributed by atoms with Gasteiger partial charge in [0.25, 0.3) is 0 Å². The molecule has 1 aromatic carbocycles. The molecule has 5 heteroatoms. The van der Waals surface area contributed by atoms with Gasteiger partial charge in [0.05, 0.1) is 6.61 Å². The van der Waals surface area contributed by atoms with Crippen LogP contribution in [0.3, 0.4) is 0 Å². The minimum atomic E-state index is -0.403. The van der Waals surface area contributed by atoms with Gasteiger partial charge in [0.15, 0.2) is 0 Å². The number of carbonyl (C=O) groups is 1. The zero-order chi connectivity index (χ0) is 17.1. The van der Waals surface area contributed by atoms with Gasteiger partial charge < -0.3 is 9.30 Å². The molecule has 0 aliphatic carbocycles. The lowest BCUT2D eigenvalue weighted by Gasteiger charge is -2.09. The van der Waals surface area contributed by atoms with Crippen molar-refractivity contribution in [2.75, 3.05) is 6.61 Å². The minimum Gasteiger partial charge on any atom is -0.461 e. The second-order valence-corrected chi connectivity index (χ2v) is 5.34. The molecule has 122 valence electrons. The van der Waals surface area contributed by atoms with Crippen LogP contribution in [0.2, 0.25) is 0 Å². The highest BCUT2D eigenvalue weighted by Crippen LogP contribution is 2.36. The van der Waals surface area contributed by atoms with Crippen LogP contribution >= 0.6 is 0 Å². The minimum absolute atomic E-state index is 0.289. The van der Waals surface area contributed by atoms with Crippen LogP contribution in [0.15, 0.2) is 55.0 Å². The van der Waals surface area contributed by atoms with Crippen molar-refractivity contribution in [3.05, 3.63) is 66.5 Å². The Kier molecular flexibility index (Phi) is 4.42. The summed E-state index contributed by atoms with van der Waals surface area (Å²) in [5.41, 5.74) is 3.72. The number of halogens is 1. The van der Waals surface area contributed by atoms with Crippen molar-refractivity contribution in [3.8, 4) is 22.3 Å². The van der Waals surface area contributed by atoms with E-state index in [0.29, 0.717) is 5.69 Å². The van der Waals surface area contributed by atoms with E-state index in [4.69, 9.17) is 4.74 Å². The third-order valence-electron chi connectivity index (χ3n) is 3.77. The smallest absolute Gasteiger partial charge is 0.355 e. The first kappa shape index (κ1) is 15.9. The zero-order valence-corrected chi connectivity index (χ0v) is 13.5. The number of rotatable bonds is 4. The number of aryl methyl sites for hydroxylation is 1. The predicted molar refractivity (Wildman–Crippen MR) is 90.0 cm³/mol. The van der Waals surface area contributed by atoms with Crippen LogP contribution in [-0.4, -0.2) is 22.1 Å². The van der Waals surface area contributed by atoms with Gasteiger partial charge in [0.2, 0.25) is 0 Å². The molecule has 0 bridgehead atoms. The summed E-state index contributed by atoms with van der Waals surface area (Å²) in [5, 5.41) is 0. The van der Waals surface area contributed by atoms with Crippen molar-refractivity contribution < 1.29 is 13.9 Å². The molecule has 3 rings (SSSR count). The summed E-state index contributed by atoms with van der Waals surface area (Å²) in [4.78, 5) is 16.5. The maximum atomic E-state index is 13.3. The van der Waals surface area contributed by atoms with Crippen molar-refractivity contribution in [3.63, 3.8) is 0 Å². The molecule has 0 radical (unpaired) electrons. The zero-order valence-electron chi connectivity index (χ0n) is 13.5. The maximum Gasteiger partial charge on any atom is 0.355 e. The molecule has 4 nitrogen and oxygen atoms in total. The van der Waals surface area contributed by atoms with E-state index in [2.05, 4.69) is 4.98 Å². The molecule has 0 N–H and O–H groups in total. The molecule has 0 atom stereocenters. The van der Waals surface area contributed by atoms with E-state index >= 15 is 0 Å². The number of benzene rings is 1. The number of carbonyl (C=O) groups excluding carboxylic acids is 1. The van der Waals surface area contributed by atoms with Crippen molar-refractivity contribution in [2.24, 2.45) is 7.05 Å². The molecule has 0 spiro atoms. The number of aromatic nitrogens is 2. The standard InChI is InChI=1S/C19H17FN2O2/c1-3-24-19(23)18-17(14-4-6-15(20)7-5-14)16(12-22(18)2)13-8-10-21-11-9-13/h4-12H,3H2,1-2H3. The first-order valence-electron chi connectivity index (χ1n) is 7.64. The number of pyridine rings is 1. The van der Waals surface area contributed by atoms with Gasteiger partial charge in [-0.25, -0.2) is 9.18 Å². The third kappa shape index (κ3) is 2.93. The Labute approximate surface area is 139 Å². The van der Waals surface area contributed by atoms with Crippen LogP contribution in [0.4, 0.5) is 4.39 Å². The summed E-state index contributed by atoms with van der Waals surface area (Å²) >= 11 is 0. The highest BCUT2D eigenvalue weighted by Gasteiger charge is 2.23. The molecule has 0 saturated carbocycles. The Morgan fingerprint density at radius 2 is 1.79 bits per heavy atom. The first-order chi connectivity index (χ1) is 11.6. The summed E-state index contributed by atoms with van der Waals surface area (Å²) in [6, 6.07) is 9.84. The van der Waals surface area contributed by atoms with E-state index in [0.717, 1.165) is 22.3 Å². The van der Waals surface area contributed by atoms with E-state index in [-0.39, 0.29) is 12.4 Å². The molecule has 0 saturated heterocycles.